The van der Waals surface area contributed by atoms with Crippen molar-refractivity contribution in [3.63, 3.8) is 0 Å². The molecule has 3 aromatic rings. The zero-order valence-electron chi connectivity index (χ0n) is 18.8. The highest BCUT2D eigenvalue weighted by Gasteiger charge is 2.41. The molecule has 0 amide bonds. The summed E-state index contributed by atoms with van der Waals surface area (Å²) in [5.74, 6) is -0.614. The first-order chi connectivity index (χ1) is 16.3. The van der Waals surface area contributed by atoms with Crippen molar-refractivity contribution in [1.29, 1.82) is 0 Å². The van der Waals surface area contributed by atoms with Gasteiger partial charge in [-0.1, -0.05) is 77.8 Å². The predicted molar refractivity (Wildman–Crippen MR) is 135 cm³/mol. The van der Waals surface area contributed by atoms with Crippen LogP contribution in [0.25, 0.3) is 0 Å². The third-order valence-corrected chi connectivity index (χ3v) is 6.67. The van der Waals surface area contributed by atoms with Gasteiger partial charge in [0.1, 0.15) is 5.75 Å². The van der Waals surface area contributed by atoms with E-state index in [-0.39, 0.29) is 17.9 Å². The molecule has 1 heterocycles. The molecule has 0 aromatic heterocycles. The van der Waals surface area contributed by atoms with Gasteiger partial charge in [-0.25, -0.2) is 4.79 Å². The van der Waals surface area contributed by atoms with Crippen molar-refractivity contribution in [1.82, 2.24) is 0 Å². The largest absolute Gasteiger partial charge is 0.482 e. The molecule has 0 bridgehead atoms. The number of carbonyl (C=O) groups is 1. The number of ether oxygens (including phenoxy) is 2. The fraction of sp³-hybridized carbons (Fsp3) is 0.250. The molecule has 4 rings (SSSR count). The van der Waals surface area contributed by atoms with E-state index in [2.05, 4.69) is 24.8 Å². The SMILES string of the molecule is C=C(C)[C@H]1C[C@H](c2cccc(Cl)c2)[C@H](c2ccccc2)O[C@@H]1c1cc(Cl)ccc1OCC(=O)O. The Balaban J connectivity index is 1.80. The zero-order valence-corrected chi connectivity index (χ0v) is 20.3. The van der Waals surface area contributed by atoms with Crippen molar-refractivity contribution in [2.75, 3.05) is 6.61 Å². The summed E-state index contributed by atoms with van der Waals surface area (Å²) in [6.45, 7) is 5.79. The smallest absolute Gasteiger partial charge is 0.341 e. The summed E-state index contributed by atoms with van der Waals surface area (Å²) in [5.41, 5.74) is 3.83. The minimum atomic E-state index is -1.05. The van der Waals surface area contributed by atoms with Crippen molar-refractivity contribution in [3.05, 3.63) is 112 Å². The number of aliphatic carboxylic acids is 1. The van der Waals surface area contributed by atoms with Crippen LogP contribution in [0.1, 0.15) is 48.2 Å². The zero-order chi connectivity index (χ0) is 24.2. The third-order valence-electron chi connectivity index (χ3n) is 6.20. The lowest BCUT2D eigenvalue weighted by molar-refractivity contribution is -0.139. The lowest BCUT2D eigenvalue weighted by Gasteiger charge is -2.43. The summed E-state index contributed by atoms with van der Waals surface area (Å²) in [4.78, 5) is 11.2. The van der Waals surface area contributed by atoms with Crippen molar-refractivity contribution < 1.29 is 19.4 Å². The van der Waals surface area contributed by atoms with Crippen molar-refractivity contribution in [3.8, 4) is 5.75 Å². The van der Waals surface area contributed by atoms with E-state index in [0.29, 0.717) is 21.4 Å². The Bertz CT molecular complexity index is 1180. The highest BCUT2D eigenvalue weighted by molar-refractivity contribution is 6.31. The fourth-order valence-corrected chi connectivity index (χ4v) is 5.01. The second-order valence-electron chi connectivity index (χ2n) is 8.60. The molecule has 0 saturated carbocycles. The lowest BCUT2D eigenvalue weighted by Crippen LogP contribution is -2.32. The van der Waals surface area contributed by atoms with Crippen LogP contribution >= 0.6 is 23.2 Å². The van der Waals surface area contributed by atoms with E-state index >= 15 is 0 Å². The fourth-order valence-electron chi connectivity index (χ4n) is 4.63. The predicted octanol–water partition coefficient (Wildman–Crippen LogP) is 7.64. The molecule has 4 atom stereocenters. The van der Waals surface area contributed by atoms with Gasteiger partial charge in [-0.05, 0) is 54.8 Å². The van der Waals surface area contributed by atoms with Crippen LogP contribution in [0.3, 0.4) is 0 Å². The summed E-state index contributed by atoms with van der Waals surface area (Å²) in [5, 5.41) is 10.3. The van der Waals surface area contributed by atoms with E-state index in [1.807, 2.05) is 43.3 Å². The van der Waals surface area contributed by atoms with Gasteiger partial charge < -0.3 is 14.6 Å². The van der Waals surface area contributed by atoms with E-state index in [4.69, 9.17) is 37.8 Å². The van der Waals surface area contributed by atoms with Gasteiger partial charge in [0.25, 0.3) is 0 Å². The molecule has 3 aromatic carbocycles. The molecule has 1 aliphatic heterocycles. The van der Waals surface area contributed by atoms with Crippen LogP contribution in [0.4, 0.5) is 0 Å². The van der Waals surface area contributed by atoms with Crippen LogP contribution in [0, 0.1) is 5.92 Å². The molecule has 34 heavy (non-hydrogen) atoms. The van der Waals surface area contributed by atoms with Crippen LogP contribution in [0.5, 0.6) is 5.75 Å². The number of hydrogen-bond acceptors (Lipinski definition) is 3. The first-order valence-corrected chi connectivity index (χ1v) is 11.8. The summed E-state index contributed by atoms with van der Waals surface area (Å²) < 4.78 is 12.5. The molecule has 1 N–H and O–H groups in total. The molecule has 6 heteroatoms. The van der Waals surface area contributed by atoms with Crippen molar-refractivity contribution in [2.45, 2.75) is 31.5 Å². The van der Waals surface area contributed by atoms with E-state index in [1.54, 1.807) is 18.2 Å². The summed E-state index contributed by atoms with van der Waals surface area (Å²) in [6, 6.07) is 23.1. The maximum absolute atomic E-state index is 11.2. The number of halogens is 2. The van der Waals surface area contributed by atoms with Crippen LogP contribution in [0.15, 0.2) is 84.9 Å². The van der Waals surface area contributed by atoms with Gasteiger partial charge in [-0.3, -0.25) is 0 Å². The molecule has 0 spiro atoms. The van der Waals surface area contributed by atoms with Gasteiger partial charge in [0.2, 0.25) is 0 Å². The average Bonchev–Trinajstić information content (AvgIpc) is 2.83. The normalized spacial score (nSPS) is 22.2. The van der Waals surface area contributed by atoms with Crippen LogP contribution in [-0.4, -0.2) is 17.7 Å². The minimum absolute atomic E-state index is 0.0432. The quantitative estimate of drug-likeness (QED) is 0.341. The Morgan fingerprint density at radius 1 is 1.00 bits per heavy atom. The second-order valence-corrected chi connectivity index (χ2v) is 9.48. The van der Waals surface area contributed by atoms with Gasteiger partial charge in [0.15, 0.2) is 6.61 Å². The van der Waals surface area contributed by atoms with E-state index in [0.717, 1.165) is 23.1 Å². The molecule has 1 saturated heterocycles. The third kappa shape index (κ3) is 5.47. The summed E-state index contributed by atoms with van der Waals surface area (Å²) in [7, 11) is 0. The van der Waals surface area contributed by atoms with Crippen molar-refractivity contribution in [2.24, 2.45) is 5.92 Å². The highest BCUT2D eigenvalue weighted by Crippen LogP contribution is 2.53. The van der Waals surface area contributed by atoms with Gasteiger partial charge in [-0.2, -0.15) is 0 Å². The van der Waals surface area contributed by atoms with E-state index in [1.165, 1.54) is 0 Å². The Labute approximate surface area is 209 Å². The summed E-state index contributed by atoms with van der Waals surface area (Å²) >= 11 is 12.7. The molecule has 176 valence electrons. The highest BCUT2D eigenvalue weighted by atomic mass is 35.5. The first kappa shape index (κ1) is 24.3. The Hall–Kier alpha value is -2.79. The number of carboxylic acids is 1. The standard InChI is InChI=1S/C28H26Cl2O4/c1-17(2)22-15-23(19-9-6-10-20(29)13-19)27(18-7-4-3-5-8-18)34-28(22)24-14-21(30)11-12-25(24)33-16-26(31)32/h3-14,22-23,27-28H,1,15-16H2,2H3,(H,31,32)/t22-,23-,27+,28+/m1/s1. The van der Waals surface area contributed by atoms with Gasteiger partial charge in [-0.15, -0.1) is 0 Å². The average molecular weight is 497 g/mol. The first-order valence-electron chi connectivity index (χ1n) is 11.1. The molecule has 1 aliphatic rings. The minimum Gasteiger partial charge on any atom is -0.482 e. The Morgan fingerprint density at radius 3 is 2.38 bits per heavy atom. The molecular weight excluding hydrogens is 471 g/mol. The van der Waals surface area contributed by atoms with Gasteiger partial charge in [0.05, 0.1) is 12.2 Å². The number of hydrogen-bond donors (Lipinski definition) is 1. The monoisotopic (exact) mass is 496 g/mol. The molecule has 0 aliphatic carbocycles. The van der Waals surface area contributed by atoms with Gasteiger partial charge in [0, 0.05) is 27.4 Å². The maximum atomic E-state index is 11.2. The molecule has 4 nitrogen and oxygen atoms in total. The lowest BCUT2D eigenvalue weighted by atomic mass is 9.74. The molecule has 0 unspecified atom stereocenters. The second kappa shape index (κ2) is 10.6. The van der Waals surface area contributed by atoms with E-state index < -0.39 is 18.7 Å². The van der Waals surface area contributed by atoms with Crippen LogP contribution in [-0.2, 0) is 9.53 Å². The molecule has 1 fully saturated rings. The Morgan fingerprint density at radius 2 is 1.71 bits per heavy atom. The van der Waals surface area contributed by atoms with Crippen molar-refractivity contribution >= 4 is 29.2 Å². The van der Waals surface area contributed by atoms with Crippen LogP contribution in [0.2, 0.25) is 10.0 Å². The van der Waals surface area contributed by atoms with E-state index in [9.17, 15) is 4.79 Å². The molecule has 0 radical (unpaired) electrons. The van der Waals surface area contributed by atoms with Crippen LogP contribution < -0.4 is 4.74 Å². The maximum Gasteiger partial charge on any atom is 0.341 e. The van der Waals surface area contributed by atoms with Gasteiger partial charge >= 0.3 is 5.97 Å². The number of carboxylic acid groups (broad SMARTS) is 1. The Kier molecular flexibility index (Phi) is 7.62. The number of benzene rings is 3. The number of rotatable bonds is 7. The molecular formula is C28H26Cl2O4. The topological polar surface area (TPSA) is 55.8 Å². The summed E-state index contributed by atoms with van der Waals surface area (Å²) in [6.07, 6.45) is 0.0948.